The van der Waals surface area contributed by atoms with Gasteiger partial charge in [-0.2, -0.15) is 0 Å². The molecule has 1 N–H and O–H groups in total. The summed E-state index contributed by atoms with van der Waals surface area (Å²) in [7, 11) is 0. The van der Waals surface area contributed by atoms with Gasteiger partial charge >= 0.3 is 0 Å². The van der Waals surface area contributed by atoms with E-state index >= 15 is 0 Å². The maximum absolute atomic E-state index is 4.78. The molecule has 1 aromatic heterocycles. The summed E-state index contributed by atoms with van der Waals surface area (Å²) in [5, 5.41) is 6.03. The number of aromatic nitrogens is 1. The standard InChI is InChI=1S/C21H18N2/c1-2-8-16(9-3-1)14-22-15-19-17-10-4-6-12-20(17)23-21-13-7-5-11-18(19)21/h1-13,22H,14-15H2. The van der Waals surface area contributed by atoms with E-state index in [1.165, 1.54) is 21.9 Å². The maximum atomic E-state index is 4.78. The molecule has 23 heavy (non-hydrogen) atoms. The first-order chi connectivity index (χ1) is 11.4. The van der Waals surface area contributed by atoms with Crippen LogP contribution in [-0.2, 0) is 13.1 Å². The number of hydrogen-bond acceptors (Lipinski definition) is 2. The number of nitrogens with one attached hydrogen (secondary N) is 1. The molecule has 1 heterocycles. The van der Waals surface area contributed by atoms with Crippen molar-refractivity contribution in [3.63, 3.8) is 0 Å². The second-order valence-electron chi connectivity index (χ2n) is 5.71. The molecule has 0 atom stereocenters. The first kappa shape index (κ1) is 13.9. The van der Waals surface area contributed by atoms with Crippen LogP contribution in [0.2, 0.25) is 0 Å². The Morgan fingerprint density at radius 3 is 1.83 bits per heavy atom. The number of benzene rings is 3. The molecule has 0 unspecified atom stereocenters. The molecule has 0 aliphatic carbocycles. The van der Waals surface area contributed by atoms with Crippen molar-refractivity contribution in [3.8, 4) is 0 Å². The number of para-hydroxylation sites is 2. The van der Waals surface area contributed by atoms with Gasteiger partial charge in [-0.1, -0.05) is 66.7 Å². The third kappa shape index (κ3) is 2.81. The second-order valence-corrected chi connectivity index (χ2v) is 5.71. The van der Waals surface area contributed by atoms with Gasteiger partial charge in [0.25, 0.3) is 0 Å². The number of fused-ring (bicyclic) bond motifs is 2. The van der Waals surface area contributed by atoms with Crippen LogP contribution in [0.3, 0.4) is 0 Å². The van der Waals surface area contributed by atoms with Gasteiger partial charge < -0.3 is 5.32 Å². The number of pyridine rings is 1. The van der Waals surface area contributed by atoms with Gasteiger partial charge in [0.1, 0.15) is 0 Å². The second kappa shape index (κ2) is 6.19. The predicted octanol–water partition coefficient (Wildman–Crippen LogP) is 4.68. The van der Waals surface area contributed by atoms with Gasteiger partial charge in [0.05, 0.1) is 11.0 Å². The first-order valence-corrected chi connectivity index (χ1v) is 7.93. The van der Waals surface area contributed by atoms with Crippen LogP contribution in [0.25, 0.3) is 21.8 Å². The first-order valence-electron chi connectivity index (χ1n) is 7.93. The van der Waals surface area contributed by atoms with Crippen LogP contribution in [-0.4, -0.2) is 4.98 Å². The fourth-order valence-electron chi connectivity index (χ4n) is 3.05. The smallest absolute Gasteiger partial charge is 0.0713 e. The number of rotatable bonds is 4. The molecule has 0 aliphatic rings. The van der Waals surface area contributed by atoms with Crippen molar-refractivity contribution in [3.05, 3.63) is 90.0 Å². The summed E-state index contributed by atoms with van der Waals surface area (Å²) >= 11 is 0. The zero-order chi connectivity index (χ0) is 15.5. The third-order valence-corrected chi connectivity index (χ3v) is 4.17. The lowest BCUT2D eigenvalue weighted by atomic mass is 10.0. The normalized spacial score (nSPS) is 11.1. The molecule has 0 saturated carbocycles. The summed E-state index contributed by atoms with van der Waals surface area (Å²) in [5.74, 6) is 0. The van der Waals surface area contributed by atoms with E-state index in [1.807, 2.05) is 18.2 Å². The van der Waals surface area contributed by atoms with E-state index < -0.39 is 0 Å². The highest BCUT2D eigenvalue weighted by molar-refractivity contribution is 5.97. The van der Waals surface area contributed by atoms with Crippen molar-refractivity contribution in [2.24, 2.45) is 0 Å². The minimum absolute atomic E-state index is 0.832. The average Bonchev–Trinajstić information content (AvgIpc) is 2.62. The van der Waals surface area contributed by atoms with Crippen LogP contribution < -0.4 is 5.32 Å². The summed E-state index contributed by atoms with van der Waals surface area (Å²) < 4.78 is 0. The summed E-state index contributed by atoms with van der Waals surface area (Å²) in [6, 6.07) is 27.3. The lowest BCUT2D eigenvalue weighted by molar-refractivity contribution is 0.699. The predicted molar refractivity (Wildman–Crippen MR) is 96.2 cm³/mol. The quantitative estimate of drug-likeness (QED) is 0.553. The largest absolute Gasteiger partial charge is 0.309 e. The Balaban J connectivity index is 1.71. The zero-order valence-corrected chi connectivity index (χ0v) is 12.9. The van der Waals surface area contributed by atoms with Crippen molar-refractivity contribution in [1.29, 1.82) is 0 Å². The van der Waals surface area contributed by atoms with Gasteiger partial charge in [0.2, 0.25) is 0 Å². The van der Waals surface area contributed by atoms with Gasteiger partial charge in [0, 0.05) is 23.9 Å². The summed E-state index contributed by atoms with van der Waals surface area (Å²) in [5.41, 5.74) is 4.74. The van der Waals surface area contributed by atoms with Crippen LogP contribution in [0.1, 0.15) is 11.1 Å². The van der Waals surface area contributed by atoms with Crippen molar-refractivity contribution in [1.82, 2.24) is 10.3 Å². The summed E-state index contributed by atoms with van der Waals surface area (Å²) in [4.78, 5) is 4.78. The van der Waals surface area contributed by atoms with Crippen LogP contribution in [0.15, 0.2) is 78.9 Å². The average molecular weight is 298 g/mol. The molecule has 0 aliphatic heterocycles. The molecule has 2 nitrogen and oxygen atoms in total. The minimum atomic E-state index is 0.832. The molecule has 0 spiro atoms. The topological polar surface area (TPSA) is 24.9 Å². The lowest BCUT2D eigenvalue weighted by Crippen LogP contribution is -2.13. The molecule has 0 radical (unpaired) electrons. The Kier molecular flexibility index (Phi) is 3.75. The van der Waals surface area contributed by atoms with E-state index in [4.69, 9.17) is 4.98 Å². The van der Waals surface area contributed by atoms with Crippen LogP contribution in [0.5, 0.6) is 0 Å². The SMILES string of the molecule is c1ccc(CNCc2c3ccccc3nc3ccccc23)cc1. The maximum Gasteiger partial charge on any atom is 0.0713 e. The minimum Gasteiger partial charge on any atom is -0.309 e. The highest BCUT2D eigenvalue weighted by Gasteiger charge is 2.08. The van der Waals surface area contributed by atoms with Gasteiger partial charge in [-0.15, -0.1) is 0 Å². The Labute approximate surface area is 135 Å². The van der Waals surface area contributed by atoms with E-state index in [2.05, 4.69) is 66.0 Å². The molecule has 4 aromatic rings. The van der Waals surface area contributed by atoms with Crippen LogP contribution in [0, 0.1) is 0 Å². The van der Waals surface area contributed by atoms with Gasteiger partial charge in [-0.05, 0) is 23.3 Å². The highest BCUT2D eigenvalue weighted by atomic mass is 14.8. The Morgan fingerprint density at radius 1 is 0.609 bits per heavy atom. The summed E-state index contributed by atoms with van der Waals surface area (Å²) in [6.07, 6.45) is 0. The molecule has 112 valence electrons. The van der Waals surface area contributed by atoms with Crippen molar-refractivity contribution in [2.45, 2.75) is 13.1 Å². The van der Waals surface area contributed by atoms with Crippen molar-refractivity contribution in [2.75, 3.05) is 0 Å². The number of nitrogens with zero attached hydrogens (tertiary/aromatic N) is 1. The Hall–Kier alpha value is -2.71. The molecule has 2 heteroatoms. The molecule has 0 bridgehead atoms. The van der Waals surface area contributed by atoms with Crippen molar-refractivity contribution >= 4 is 21.8 Å². The van der Waals surface area contributed by atoms with E-state index in [9.17, 15) is 0 Å². The van der Waals surface area contributed by atoms with Gasteiger partial charge in [-0.25, -0.2) is 4.98 Å². The fraction of sp³-hybridized carbons (Fsp3) is 0.0952. The lowest BCUT2D eigenvalue weighted by Gasteiger charge is -2.12. The van der Waals surface area contributed by atoms with Crippen molar-refractivity contribution < 1.29 is 0 Å². The summed E-state index contributed by atoms with van der Waals surface area (Å²) in [6.45, 7) is 1.70. The molecule has 0 fully saturated rings. The Bertz CT molecular complexity index is 891. The van der Waals surface area contributed by atoms with Crippen LogP contribution >= 0.6 is 0 Å². The zero-order valence-electron chi connectivity index (χ0n) is 12.9. The molecule has 0 amide bonds. The van der Waals surface area contributed by atoms with E-state index in [-0.39, 0.29) is 0 Å². The van der Waals surface area contributed by atoms with E-state index in [0.29, 0.717) is 0 Å². The molecular weight excluding hydrogens is 280 g/mol. The molecular formula is C21H18N2. The van der Waals surface area contributed by atoms with E-state index in [1.54, 1.807) is 0 Å². The number of hydrogen-bond donors (Lipinski definition) is 1. The fourth-order valence-corrected chi connectivity index (χ4v) is 3.05. The van der Waals surface area contributed by atoms with E-state index in [0.717, 1.165) is 24.1 Å². The van der Waals surface area contributed by atoms with Gasteiger partial charge in [0.15, 0.2) is 0 Å². The third-order valence-electron chi connectivity index (χ3n) is 4.17. The molecule has 0 saturated heterocycles. The molecule has 3 aromatic carbocycles. The Morgan fingerprint density at radius 2 is 1.17 bits per heavy atom. The highest BCUT2D eigenvalue weighted by Crippen LogP contribution is 2.25. The monoisotopic (exact) mass is 298 g/mol. The molecule has 4 rings (SSSR count). The van der Waals surface area contributed by atoms with Crippen LogP contribution in [0.4, 0.5) is 0 Å². The van der Waals surface area contributed by atoms with Gasteiger partial charge in [-0.3, -0.25) is 0 Å².